The van der Waals surface area contributed by atoms with E-state index in [1.807, 2.05) is 0 Å². The molecule has 3 aliphatic heterocycles. The number of hydrogen-bond acceptors (Lipinski definition) is 23. The standard InChI is InChI=1S/C39H45N13O18P2/c40-26-9-11-51(38(55)48-26)36-32(68-27-4-2-12-62-27)31(25(67-36)16-64-71(57,58)59)70-72(60,61)65-17-24-30(29(53)35(66-24)52-19-46-28-33(41)44-18-45-34(28)52)69-37(54)23(13-21-3-1-10-43-14-21)47-39(56)63-15-20-5-7-22(8-6-20)49-50-42/h1,3,5-11,14,18-19,23-25,27,29-32,35-36,53H,2,4,12-13,15-17H2,(H,47,56)(H,60,61)(H2,40,48,55)(H2,41,44,45)(H2,57,58,59)/t23-,24+,25+,27?,29+,30+,31+,32+,35+,36+/m0/s1. The number of rotatable bonds is 20. The van der Waals surface area contributed by atoms with Crippen molar-refractivity contribution in [3.8, 4) is 0 Å². The van der Waals surface area contributed by atoms with Crippen molar-refractivity contribution < 1.29 is 80.5 Å². The maximum atomic E-state index is 14.2. The number of aliphatic hydroxyl groups is 1. The fourth-order valence-corrected chi connectivity index (χ4v) is 9.10. The lowest BCUT2D eigenvalue weighted by Gasteiger charge is -2.29. The molecule has 3 aliphatic rings. The number of carbonyl (C=O) groups excluding carboxylic acids is 2. The Morgan fingerprint density at radius 2 is 1.74 bits per heavy atom. The Morgan fingerprint density at radius 3 is 2.44 bits per heavy atom. The Labute approximate surface area is 404 Å². The largest absolute Gasteiger partial charge is 0.472 e. The van der Waals surface area contributed by atoms with Crippen LogP contribution in [0, 0.1) is 0 Å². The van der Waals surface area contributed by atoms with Crippen LogP contribution in [0.1, 0.15) is 36.4 Å². The molecule has 4 aromatic heterocycles. The van der Waals surface area contributed by atoms with E-state index in [9.17, 15) is 43.3 Å². The molecule has 0 bridgehead atoms. The summed E-state index contributed by atoms with van der Waals surface area (Å²) in [6, 6.07) is 9.02. The topological polar surface area (TPSA) is 436 Å². The molecule has 8 rings (SSSR count). The average Bonchev–Trinajstić information content (AvgIpc) is 4.15. The highest BCUT2D eigenvalue weighted by Crippen LogP contribution is 2.51. The van der Waals surface area contributed by atoms with Crippen molar-refractivity contribution in [1.29, 1.82) is 0 Å². The summed E-state index contributed by atoms with van der Waals surface area (Å²) < 4.78 is 78.9. The first-order valence-corrected chi connectivity index (χ1v) is 24.5. The molecule has 31 nitrogen and oxygen atoms in total. The summed E-state index contributed by atoms with van der Waals surface area (Å²) in [5, 5.41) is 17.8. The molecule has 11 atom stereocenters. The molecule has 7 heterocycles. The predicted octanol–water partition coefficient (Wildman–Crippen LogP) is 1.32. The molecule has 3 saturated heterocycles. The predicted molar refractivity (Wildman–Crippen MR) is 239 cm³/mol. The molecule has 0 spiro atoms. The van der Waals surface area contributed by atoms with Crippen molar-refractivity contribution in [2.45, 2.75) is 87.3 Å². The Morgan fingerprint density at radius 1 is 0.972 bits per heavy atom. The lowest BCUT2D eigenvalue weighted by molar-refractivity contribution is -0.181. The lowest BCUT2D eigenvalue weighted by Crippen LogP contribution is -2.47. The zero-order chi connectivity index (χ0) is 51.2. The quantitative estimate of drug-likeness (QED) is 0.0190. The number of nitrogens with one attached hydrogen (secondary N) is 1. The fourth-order valence-electron chi connectivity index (χ4n) is 7.80. The number of ether oxygens (including phenoxy) is 6. The van der Waals surface area contributed by atoms with Crippen molar-refractivity contribution in [1.82, 2.24) is 39.4 Å². The molecular weight excluding hydrogens is 1000 g/mol. The van der Waals surface area contributed by atoms with Crippen LogP contribution >= 0.6 is 15.6 Å². The van der Waals surface area contributed by atoms with Gasteiger partial charge in [-0.15, -0.1) is 0 Å². The van der Waals surface area contributed by atoms with E-state index < -0.39 is 108 Å². The van der Waals surface area contributed by atoms with Gasteiger partial charge in [0.05, 0.1) is 19.5 Å². The van der Waals surface area contributed by atoms with Gasteiger partial charge in [0.15, 0.2) is 36.3 Å². The number of pyridine rings is 1. The summed E-state index contributed by atoms with van der Waals surface area (Å²) in [7, 11) is -10.7. The number of carbonyl (C=O) groups is 2. The Hall–Kier alpha value is -6.53. The number of nitrogens with zero attached hydrogens (tertiary/aromatic N) is 10. The first-order valence-electron chi connectivity index (χ1n) is 21.5. The van der Waals surface area contributed by atoms with Crippen LogP contribution in [0.3, 0.4) is 0 Å². The minimum Gasteiger partial charge on any atom is -0.455 e. The number of aromatic nitrogens is 7. The number of fused-ring (bicyclic) bond motifs is 1. The highest BCUT2D eigenvalue weighted by molar-refractivity contribution is 7.47. The molecule has 2 unspecified atom stereocenters. The van der Waals surface area contributed by atoms with Crippen molar-refractivity contribution in [2.75, 3.05) is 31.3 Å². The summed E-state index contributed by atoms with van der Waals surface area (Å²) >= 11 is 0. The third-order valence-corrected chi connectivity index (χ3v) is 12.6. The second-order valence-corrected chi connectivity index (χ2v) is 18.7. The van der Waals surface area contributed by atoms with E-state index in [-0.39, 0.29) is 42.4 Å². The van der Waals surface area contributed by atoms with E-state index in [0.717, 1.165) is 10.9 Å². The summed E-state index contributed by atoms with van der Waals surface area (Å²) in [5.74, 6) is -1.35. The van der Waals surface area contributed by atoms with E-state index in [0.29, 0.717) is 29.7 Å². The number of hydrogen-bond donors (Lipinski definition) is 7. The van der Waals surface area contributed by atoms with Gasteiger partial charge in [0.2, 0.25) is 0 Å². The molecule has 3 fully saturated rings. The van der Waals surface area contributed by atoms with Crippen LogP contribution in [-0.2, 0) is 68.9 Å². The number of benzene rings is 1. The highest BCUT2D eigenvalue weighted by Gasteiger charge is 2.54. The third kappa shape index (κ3) is 12.7. The number of imidazole rings is 1. The van der Waals surface area contributed by atoms with E-state index in [1.54, 1.807) is 24.3 Å². The molecule has 1 aromatic carbocycles. The van der Waals surface area contributed by atoms with Crippen molar-refractivity contribution in [2.24, 2.45) is 5.11 Å². The SMILES string of the molecule is [N-]=[N+]=Nc1ccc(COC(=O)N[C@@H](Cc2cccnc2)C(=O)O[C@H]2[C@@H](O)[C@H](n3cnc4c(N)ncnc43)O[C@@H]2COP(=O)(O)O[C@H]2[C@@H](OC3CCCO3)[C@H](n3ccc(N)nc3=O)O[C@@H]2COP(=O)(O)O)cc1. The van der Waals surface area contributed by atoms with Gasteiger partial charge >= 0.3 is 33.4 Å². The normalized spacial score (nSPS) is 25.4. The van der Waals surface area contributed by atoms with Crippen LogP contribution < -0.4 is 22.5 Å². The monoisotopic (exact) mass is 1050 g/mol. The van der Waals surface area contributed by atoms with Crippen LogP contribution in [-0.4, -0.2) is 135 Å². The summed E-state index contributed by atoms with van der Waals surface area (Å²) in [6.45, 7) is -1.98. The number of phosphoric ester groups is 2. The van der Waals surface area contributed by atoms with Gasteiger partial charge < -0.3 is 65.0 Å². The van der Waals surface area contributed by atoms with Gasteiger partial charge in [0.1, 0.15) is 60.8 Å². The summed E-state index contributed by atoms with van der Waals surface area (Å²) in [5.41, 5.74) is 20.9. The fraction of sp³-hybridized carbons (Fsp3) is 0.436. The van der Waals surface area contributed by atoms with E-state index in [4.69, 9.17) is 59.0 Å². The minimum absolute atomic E-state index is 0.0317. The summed E-state index contributed by atoms with van der Waals surface area (Å²) in [6.07, 6.45) is -8.32. The van der Waals surface area contributed by atoms with Gasteiger partial charge in [-0.05, 0) is 35.2 Å². The lowest BCUT2D eigenvalue weighted by atomic mass is 10.1. The second kappa shape index (κ2) is 22.5. The highest BCUT2D eigenvalue weighted by atomic mass is 31.2. The number of nitrogen functional groups attached to an aromatic ring is 2. The van der Waals surface area contributed by atoms with Gasteiger partial charge in [0, 0.05) is 48.6 Å². The first-order chi connectivity index (χ1) is 34.4. The Bertz CT molecular complexity index is 2920. The van der Waals surface area contributed by atoms with Crippen LogP contribution in [0.15, 0.2) is 83.6 Å². The van der Waals surface area contributed by atoms with Crippen molar-refractivity contribution in [3.63, 3.8) is 0 Å². The maximum Gasteiger partial charge on any atom is 0.472 e. The molecule has 9 N–H and O–H groups in total. The number of alkyl carbamates (subject to hydrolysis) is 1. The third-order valence-electron chi connectivity index (χ3n) is 11.1. The number of esters is 1. The van der Waals surface area contributed by atoms with Crippen LogP contribution in [0.2, 0.25) is 0 Å². The Balaban J connectivity index is 1.05. The van der Waals surface area contributed by atoms with Gasteiger partial charge in [-0.3, -0.25) is 27.7 Å². The van der Waals surface area contributed by atoms with Crippen LogP contribution in [0.4, 0.5) is 22.1 Å². The van der Waals surface area contributed by atoms with Crippen LogP contribution in [0.25, 0.3) is 21.6 Å². The number of anilines is 2. The average molecular weight is 1050 g/mol. The molecule has 0 saturated carbocycles. The number of azide groups is 1. The molecule has 1 amide bonds. The zero-order valence-corrected chi connectivity index (χ0v) is 39.0. The molecule has 0 aliphatic carbocycles. The van der Waals surface area contributed by atoms with Gasteiger partial charge in [-0.25, -0.2) is 38.5 Å². The number of phosphoric acid groups is 2. The smallest absolute Gasteiger partial charge is 0.455 e. The number of amides is 1. The minimum atomic E-state index is -5.48. The molecule has 0 radical (unpaired) electrons. The van der Waals surface area contributed by atoms with Gasteiger partial charge in [-0.2, -0.15) is 4.98 Å². The zero-order valence-electron chi connectivity index (χ0n) is 37.2. The summed E-state index contributed by atoms with van der Waals surface area (Å²) in [4.78, 5) is 93.8. The van der Waals surface area contributed by atoms with E-state index in [1.165, 1.54) is 47.7 Å². The van der Waals surface area contributed by atoms with Crippen LogP contribution in [0.5, 0.6) is 0 Å². The van der Waals surface area contributed by atoms with Gasteiger partial charge in [0.25, 0.3) is 0 Å². The number of nitrogens with two attached hydrogens (primary N) is 2. The van der Waals surface area contributed by atoms with E-state index in [2.05, 4.69) is 40.3 Å². The number of aliphatic hydroxyl groups excluding tert-OH is 1. The van der Waals surface area contributed by atoms with E-state index >= 15 is 0 Å². The molecular formula is C39H45N13O18P2. The van der Waals surface area contributed by atoms with Crippen molar-refractivity contribution >= 4 is 56.2 Å². The molecule has 5 aromatic rings. The first kappa shape index (κ1) is 51.8. The molecule has 33 heteroatoms. The maximum absolute atomic E-state index is 14.2. The van der Waals surface area contributed by atoms with Crippen molar-refractivity contribution in [3.05, 3.63) is 106 Å². The second-order valence-electron chi connectivity index (χ2n) is 16.0. The molecule has 384 valence electrons. The molecule has 72 heavy (non-hydrogen) atoms. The van der Waals surface area contributed by atoms with Gasteiger partial charge in [-0.1, -0.05) is 35.4 Å². The Kier molecular flexibility index (Phi) is 16.2.